The zero-order chi connectivity index (χ0) is 10.4. The number of nitrogens with zero attached hydrogens (tertiary/aromatic N) is 1. The molecule has 0 aliphatic rings. The van der Waals surface area contributed by atoms with Gasteiger partial charge in [-0.25, -0.2) is 4.98 Å². The molecule has 1 aromatic rings. The smallest absolute Gasteiger partial charge is 0.107 e. The average molecular weight is 214 g/mol. The van der Waals surface area contributed by atoms with E-state index >= 15 is 0 Å². The highest BCUT2D eigenvalue weighted by atomic mass is 32.1. The zero-order valence-electron chi connectivity index (χ0n) is 9.04. The van der Waals surface area contributed by atoms with Crippen LogP contribution >= 0.6 is 11.3 Å². The quantitative estimate of drug-likeness (QED) is 0.786. The fraction of sp³-hybridized carbons (Fsp3) is 0.700. The van der Waals surface area contributed by atoms with Crippen LogP contribution in [0, 0.1) is 6.92 Å². The van der Waals surface area contributed by atoms with Crippen molar-refractivity contribution >= 4 is 11.3 Å². The number of aryl methyl sites for hydroxylation is 1. The Morgan fingerprint density at radius 2 is 2.43 bits per heavy atom. The Balaban J connectivity index is 2.20. The highest BCUT2D eigenvalue weighted by Gasteiger charge is 2.03. The van der Waals surface area contributed by atoms with Gasteiger partial charge in [-0.3, -0.25) is 0 Å². The van der Waals surface area contributed by atoms with Crippen LogP contribution in [0.2, 0.25) is 0 Å². The third-order valence-electron chi connectivity index (χ3n) is 1.84. The first-order valence-electron chi connectivity index (χ1n) is 4.94. The van der Waals surface area contributed by atoms with Crippen LogP contribution in [-0.2, 0) is 11.3 Å². The Kier molecular flexibility index (Phi) is 5.07. The Hall–Kier alpha value is -0.450. The van der Waals surface area contributed by atoms with Crippen LogP contribution in [0.15, 0.2) is 5.38 Å². The lowest BCUT2D eigenvalue weighted by atomic mass is 10.3. The van der Waals surface area contributed by atoms with E-state index in [1.165, 1.54) is 0 Å². The molecule has 0 saturated carbocycles. The second kappa shape index (κ2) is 6.11. The molecule has 0 bridgehead atoms. The van der Waals surface area contributed by atoms with E-state index in [0.29, 0.717) is 6.04 Å². The number of thiazole rings is 1. The van der Waals surface area contributed by atoms with Gasteiger partial charge in [0.25, 0.3) is 0 Å². The van der Waals surface area contributed by atoms with Crippen molar-refractivity contribution in [3.8, 4) is 0 Å². The predicted octanol–water partition coefficient (Wildman–Crippen LogP) is 1.97. The summed E-state index contributed by atoms with van der Waals surface area (Å²) in [6.07, 6.45) is 0. The molecule has 0 aliphatic heterocycles. The minimum Gasteiger partial charge on any atom is -0.380 e. The maximum absolute atomic E-state index is 5.31. The van der Waals surface area contributed by atoms with Gasteiger partial charge in [0.1, 0.15) is 5.01 Å². The molecule has 4 heteroatoms. The van der Waals surface area contributed by atoms with E-state index in [-0.39, 0.29) is 0 Å². The van der Waals surface area contributed by atoms with Crippen LogP contribution in [0.1, 0.15) is 24.5 Å². The van der Waals surface area contributed by atoms with Crippen LogP contribution in [0.25, 0.3) is 0 Å². The molecule has 0 aromatic carbocycles. The second-order valence-corrected chi connectivity index (χ2v) is 4.27. The topological polar surface area (TPSA) is 34.1 Å². The molecular weight excluding hydrogens is 196 g/mol. The molecular formula is C10H18N2OS. The normalized spacial score (nSPS) is 13.1. The molecule has 3 nitrogen and oxygen atoms in total. The van der Waals surface area contributed by atoms with E-state index in [1.54, 1.807) is 11.3 Å². The molecule has 0 amide bonds. The summed E-state index contributed by atoms with van der Waals surface area (Å²) in [5.74, 6) is 0. The van der Waals surface area contributed by atoms with E-state index < -0.39 is 0 Å². The summed E-state index contributed by atoms with van der Waals surface area (Å²) in [7, 11) is 0. The minimum atomic E-state index is 0.388. The van der Waals surface area contributed by atoms with Crippen molar-refractivity contribution in [2.45, 2.75) is 33.4 Å². The fourth-order valence-corrected chi connectivity index (χ4v) is 1.82. The van der Waals surface area contributed by atoms with Crippen LogP contribution in [0.4, 0.5) is 0 Å². The van der Waals surface area contributed by atoms with Gasteiger partial charge < -0.3 is 10.1 Å². The fourth-order valence-electron chi connectivity index (χ4n) is 1.10. The standard InChI is InChI=1S/C10H18N2OS/c1-4-13-6-8(2)11-5-10-12-9(3)7-14-10/h7-8,11H,4-6H2,1-3H3. The summed E-state index contributed by atoms with van der Waals surface area (Å²) < 4.78 is 5.31. The van der Waals surface area contributed by atoms with E-state index in [1.807, 2.05) is 13.8 Å². The summed E-state index contributed by atoms with van der Waals surface area (Å²) in [5, 5.41) is 6.59. The van der Waals surface area contributed by atoms with E-state index in [2.05, 4.69) is 22.6 Å². The number of aromatic nitrogens is 1. The Bertz CT molecular complexity index is 262. The highest BCUT2D eigenvalue weighted by molar-refractivity contribution is 7.09. The van der Waals surface area contributed by atoms with Crippen LogP contribution in [-0.4, -0.2) is 24.2 Å². The number of hydrogen-bond acceptors (Lipinski definition) is 4. The first-order valence-corrected chi connectivity index (χ1v) is 5.82. The van der Waals surface area contributed by atoms with E-state index in [4.69, 9.17) is 4.74 Å². The third kappa shape index (κ3) is 4.17. The van der Waals surface area contributed by atoms with Crippen molar-refractivity contribution < 1.29 is 4.74 Å². The van der Waals surface area contributed by atoms with Crippen LogP contribution < -0.4 is 5.32 Å². The molecule has 0 fully saturated rings. The molecule has 1 heterocycles. The van der Waals surface area contributed by atoms with Gasteiger partial charge in [-0.15, -0.1) is 11.3 Å². The summed E-state index contributed by atoms with van der Waals surface area (Å²) >= 11 is 1.70. The number of ether oxygens (including phenoxy) is 1. The van der Waals surface area contributed by atoms with E-state index in [9.17, 15) is 0 Å². The minimum absolute atomic E-state index is 0.388. The number of rotatable bonds is 6. The van der Waals surface area contributed by atoms with Gasteiger partial charge in [-0.2, -0.15) is 0 Å². The molecule has 1 unspecified atom stereocenters. The SMILES string of the molecule is CCOCC(C)NCc1nc(C)cs1. The van der Waals surface area contributed by atoms with Gasteiger partial charge in [0.15, 0.2) is 0 Å². The van der Waals surface area contributed by atoms with Gasteiger partial charge in [0.05, 0.1) is 6.61 Å². The van der Waals surface area contributed by atoms with Gasteiger partial charge >= 0.3 is 0 Å². The summed E-state index contributed by atoms with van der Waals surface area (Å²) in [5.41, 5.74) is 1.10. The number of hydrogen-bond donors (Lipinski definition) is 1. The maximum atomic E-state index is 5.31. The van der Waals surface area contributed by atoms with Crippen LogP contribution in [0.3, 0.4) is 0 Å². The number of nitrogens with one attached hydrogen (secondary N) is 1. The Labute approximate surface area is 89.5 Å². The highest BCUT2D eigenvalue weighted by Crippen LogP contribution is 2.08. The van der Waals surface area contributed by atoms with Gasteiger partial charge in [-0.05, 0) is 20.8 Å². The monoisotopic (exact) mass is 214 g/mol. The Morgan fingerprint density at radius 1 is 1.64 bits per heavy atom. The zero-order valence-corrected chi connectivity index (χ0v) is 9.86. The molecule has 14 heavy (non-hydrogen) atoms. The second-order valence-electron chi connectivity index (χ2n) is 3.32. The third-order valence-corrected chi connectivity index (χ3v) is 2.81. The maximum Gasteiger partial charge on any atom is 0.107 e. The molecule has 1 atom stereocenters. The van der Waals surface area contributed by atoms with Crippen molar-refractivity contribution in [1.82, 2.24) is 10.3 Å². The summed E-state index contributed by atoms with van der Waals surface area (Å²) in [4.78, 5) is 4.38. The van der Waals surface area contributed by atoms with Crippen LogP contribution in [0.5, 0.6) is 0 Å². The van der Waals surface area contributed by atoms with Crippen molar-refractivity contribution in [2.75, 3.05) is 13.2 Å². The molecule has 80 valence electrons. The molecule has 0 aliphatic carbocycles. The molecule has 1 rings (SSSR count). The molecule has 1 aromatic heterocycles. The van der Waals surface area contributed by atoms with Crippen molar-refractivity contribution in [3.05, 3.63) is 16.1 Å². The molecule has 1 N–H and O–H groups in total. The average Bonchev–Trinajstić information content (AvgIpc) is 2.58. The summed E-state index contributed by atoms with van der Waals surface area (Å²) in [6.45, 7) is 8.53. The first kappa shape index (κ1) is 11.6. The van der Waals surface area contributed by atoms with Gasteiger partial charge in [-0.1, -0.05) is 0 Å². The molecule has 0 spiro atoms. The molecule has 0 saturated heterocycles. The van der Waals surface area contributed by atoms with Crippen molar-refractivity contribution in [1.29, 1.82) is 0 Å². The van der Waals surface area contributed by atoms with E-state index in [0.717, 1.165) is 30.5 Å². The Morgan fingerprint density at radius 3 is 3.00 bits per heavy atom. The lowest BCUT2D eigenvalue weighted by molar-refractivity contribution is 0.127. The lowest BCUT2D eigenvalue weighted by Crippen LogP contribution is -2.30. The van der Waals surface area contributed by atoms with Crippen molar-refractivity contribution in [2.24, 2.45) is 0 Å². The first-order chi connectivity index (χ1) is 6.72. The predicted molar refractivity (Wildman–Crippen MR) is 59.6 cm³/mol. The largest absolute Gasteiger partial charge is 0.380 e. The van der Waals surface area contributed by atoms with Gasteiger partial charge in [0, 0.05) is 30.3 Å². The van der Waals surface area contributed by atoms with Crippen molar-refractivity contribution in [3.63, 3.8) is 0 Å². The summed E-state index contributed by atoms with van der Waals surface area (Å²) in [6, 6.07) is 0.388. The molecule has 0 radical (unpaired) electrons. The lowest BCUT2D eigenvalue weighted by Gasteiger charge is -2.11. The van der Waals surface area contributed by atoms with Gasteiger partial charge in [0.2, 0.25) is 0 Å².